The van der Waals surface area contributed by atoms with Gasteiger partial charge in [0.1, 0.15) is 5.65 Å². The third-order valence-corrected chi connectivity index (χ3v) is 2.34. The molecule has 0 amide bonds. The molecule has 16 heavy (non-hydrogen) atoms. The maximum atomic E-state index is 12.0. The van der Waals surface area contributed by atoms with Crippen molar-refractivity contribution in [2.24, 2.45) is 0 Å². The molecule has 5 nitrogen and oxygen atoms in total. The second-order valence-electron chi connectivity index (χ2n) is 3.03. The Bertz CT molecular complexity index is 594. The molecule has 2 aromatic rings. The number of ether oxygens (including phenoxy) is 2. The van der Waals surface area contributed by atoms with Crippen molar-refractivity contribution in [3.63, 3.8) is 0 Å². The van der Waals surface area contributed by atoms with Gasteiger partial charge in [0.15, 0.2) is 0 Å². The lowest BCUT2D eigenvalue weighted by atomic mass is 10.4. The standard InChI is InChI=1S/C10H9ClN2O3/c1-15-8-9(16-2)12-7-4-3-6(11)5-13(7)10(8)14/h3-5H,1-2H3. The SMILES string of the molecule is COc1nc2ccc(Cl)cn2c(=O)c1OC. The molecule has 0 aliphatic heterocycles. The highest BCUT2D eigenvalue weighted by Crippen LogP contribution is 2.20. The van der Waals surface area contributed by atoms with Gasteiger partial charge in [-0.25, -0.2) is 0 Å². The van der Waals surface area contributed by atoms with Gasteiger partial charge in [-0.15, -0.1) is 0 Å². The van der Waals surface area contributed by atoms with Crippen molar-refractivity contribution < 1.29 is 9.47 Å². The van der Waals surface area contributed by atoms with E-state index in [4.69, 9.17) is 21.1 Å². The second-order valence-corrected chi connectivity index (χ2v) is 3.47. The fourth-order valence-electron chi connectivity index (χ4n) is 1.39. The number of methoxy groups -OCH3 is 2. The number of hydrogen-bond donors (Lipinski definition) is 0. The maximum Gasteiger partial charge on any atom is 0.304 e. The molecule has 0 fully saturated rings. The third-order valence-electron chi connectivity index (χ3n) is 2.11. The predicted octanol–water partition coefficient (Wildman–Crippen LogP) is 1.37. The van der Waals surface area contributed by atoms with Gasteiger partial charge in [0.2, 0.25) is 5.75 Å². The number of pyridine rings is 1. The average Bonchev–Trinajstić information content (AvgIpc) is 2.29. The van der Waals surface area contributed by atoms with Crippen LogP contribution in [0.15, 0.2) is 23.1 Å². The molecule has 0 aliphatic rings. The van der Waals surface area contributed by atoms with E-state index in [2.05, 4.69) is 4.98 Å². The monoisotopic (exact) mass is 240 g/mol. The van der Waals surface area contributed by atoms with Crippen LogP contribution in [0.3, 0.4) is 0 Å². The lowest BCUT2D eigenvalue weighted by Gasteiger charge is -2.07. The fraction of sp³-hybridized carbons (Fsp3) is 0.200. The van der Waals surface area contributed by atoms with Gasteiger partial charge in [-0.1, -0.05) is 11.6 Å². The zero-order valence-electron chi connectivity index (χ0n) is 8.73. The van der Waals surface area contributed by atoms with E-state index < -0.39 is 0 Å². The van der Waals surface area contributed by atoms with Crippen LogP contribution < -0.4 is 15.0 Å². The van der Waals surface area contributed by atoms with Crippen LogP contribution in [-0.4, -0.2) is 23.6 Å². The summed E-state index contributed by atoms with van der Waals surface area (Å²) in [5.41, 5.74) is 0.0962. The van der Waals surface area contributed by atoms with Crippen molar-refractivity contribution in [3.8, 4) is 11.6 Å². The van der Waals surface area contributed by atoms with Gasteiger partial charge in [0.05, 0.1) is 19.2 Å². The predicted molar refractivity (Wildman–Crippen MR) is 59.6 cm³/mol. The van der Waals surface area contributed by atoms with Crippen LogP contribution in [0.5, 0.6) is 11.6 Å². The van der Waals surface area contributed by atoms with E-state index in [9.17, 15) is 4.79 Å². The minimum Gasteiger partial charge on any atom is -0.487 e. The van der Waals surface area contributed by atoms with E-state index in [1.807, 2.05) is 0 Å². The highest BCUT2D eigenvalue weighted by molar-refractivity contribution is 6.30. The summed E-state index contributed by atoms with van der Waals surface area (Å²) in [5.74, 6) is 0.220. The van der Waals surface area contributed by atoms with Crippen LogP contribution in [0.4, 0.5) is 0 Å². The Labute approximate surface area is 96.2 Å². The molecule has 0 radical (unpaired) electrons. The summed E-state index contributed by atoms with van der Waals surface area (Å²) in [5, 5.41) is 0.448. The molecule has 0 N–H and O–H groups in total. The molecule has 0 aromatic carbocycles. The van der Waals surface area contributed by atoms with Crippen molar-refractivity contribution in [3.05, 3.63) is 33.7 Å². The molecule has 2 heterocycles. The molecule has 0 atom stereocenters. The first kappa shape index (κ1) is 10.8. The Kier molecular flexibility index (Phi) is 2.70. The highest BCUT2D eigenvalue weighted by Gasteiger charge is 2.13. The zero-order chi connectivity index (χ0) is 11.7. The first-order chi connectivity index (χ1) is 7.67. The summed E-state index contributed by atoms with van der Waals surface area (Å²) >= 11 is 5.80. The quantitative estimate of drug-likeness (QED) is 0.796. The molecular weight excluding hydrogens is 232 g/mol. The van der Waals surface area contributed by atoms with Crippen LogP contribution in [-0.2, 0) is 0 Å². The largest absolute Gasteiger partial charge is 0.487 e. The van der Waals surface area contributed by atoms with E-state index in [0.717, 1.165) is 0 Å². The normalized spacial score (nSPS) is 10.4. The zero-order valence-corrected chi connectivity index (χ0v) is 9.49. The van der Waals surface area contributed by atoms with E-state index in [-0.39, 0.29) is 17.2 Å². The van der Waals surface area contributed by atoms with Crippen molar-refractivity contribution in [1.82, 2.24) is 9.38 Å². The molecule has 0 saturated heterocycles. The van der Waals surface area contributed by atoms with E-state index in [1.54, 1.807) is 12.1 Å². The molecule has 0 aliphatic carbocycles. The summed E-state index contributed by atoms with van der Waals surface area (Å²) in [6.45, 7) is 0. The Morgan fingerprint density at radius 3 is 2.69 bits per heavy atom. The van der Waals surface area contributed by atoms with Gasteiger partial charge >= 0.3 is 5.56 Å². The van der Waals surface area contributed by atoms with Crippen LogP contribution in [0.25, 0.3) is 5.65 Å². The van der Waals surface area contributed by atoms with E-state index in [1.165, 1.54) is 24.8 Å². The first-order valence-electron chi connectivity index (χ1n) is 4.47. The highest BCUT2D eigenvalue weighted by atomic mass is 35.5. The smallest absolute Gasteiger partial charge is 0.304 e. The molecule has 6 heteroatoms. The molecule has 2 rings (SSSR count). The maximum absolute atomic E-state index is 12.0. The summed E-state index contributed by atoms with van der Waals surface area (Å²) in [6.07, 6.45) is 1.48. The second kappa shape index (κ2) is 4.02. The number of aromatic nitrogens is 2. The topological polar surface area (TPSA) is 52.8 Å². The number of fused-ring (bicyclic) bond motifs is 1. The Balaban J connectivity index is 2.88. The Morgan fingerprint density at radius 1 is 1.31 bits per heavy atom. The lowest BCUT2D eigenvalue weighted by molar-refractivity contribution is 0.338. The summed E-state index contributed by atoms with van der Waals surface area (Å²) in [7, 11) is 2.81. The summed E-state index contributed by atoms with van der Waals surface area (Å²) in [6, 6.07) is 3.28. The van der Waals surface area contributed by atoms with Crippen LogP contribution in [0.2, 0.25) is 5.02 Å². The van der Waals surface area contributed by atoms with Crippen LogP contribution in [0, 0.1) is 0 Å². The number of nitrogens with zero attached hydrogens (tertiary/aromatic N) is 2. The van der Waals surface area contributed by atoms with Crippen molar-refractivity contribution in [1.29, 1.82) is 0 Å². The summed E-state index contributed by atoms with van der Waals surface area (Å²) < 4.78 is 11.2. The van der Waals surface area contributed by atoms with Crippen LogP contribution >= 0.6 is 11.6 Å². The van der Waals surface area contributed by atoms with E-state index >= 15 is 0 Å². The molecule has 84 valence electrons. The van der Waals surface area contributed by atoms with Gasteiger partial charge in [0, 0.05) is 6.20 Å². The van der Waals surface area contributed by atoms with Crippen molar-refractivity contribution in [2.75, 3.05) is 14.2 Å². The molecule has 0 spiro atoms. The van der Waals surface area contributed by atoms with Gasteiger partial charge in [0.25, 0.3) is 5.88 Å². The molecule has 0 saturated carbocycles. The number of rotatable bonds is 2. The molecular formula is C10H9ClN2O3. The third kappa shape index (κ3) is 1.59. The fourth-order valence-corrected chi connectivity index (χ4v) is 1.55. The van der Waals surface area contributed by atoms with Gasteiger partial charge in [-0.3, -0.25) is 9.20 Å². The van der Waals surface area contributed by atoms with Crippen LogP contribution in [0.1, 0.15) is 0 Å². The van der Waals surface area contributed by atoms with Gasteiger partial charge in [-0.05, 0) is 12.1 Å². The van der Waals surface area contributed by atoms with Gasteiger partial charge < -0.3 is 9.47 Å². The molecule has 2 aromatic heterocycles. The van der Waals surface area contributed by atoms with E-state index in [0.29, 0.717) is 10.7 Å². The van der Waals surface area contributed by atoms with Crippen molar-refractivity contribution in [2.45, 2.75) is 0 Å². The average molecular weight is 241 g/mol. The lowest BCUT2D eigenvalue weighted by Crippen LogP contribution is -2.17. The molecule has 0 unspecified atom stereocenters. The minimum atomic E-state index is -0.355. The number of halogens is 1. The first-order valence-corrected chi connectivity index (χ1v) is 4.85. The van der Waals surface area contributed by atoms with Gasteiger partial charge in [-0.2, -0.15) is 4.98 Å². The number of hydrogen-bond acceptors (Lipinski definition) is 4. The summed E-state index contributed by atoms with van der Waals surface area (Å²) in [4.78, 5) is 16.1. The molecule has 0 bridgehead atoms. The Morgan fingerprint density at radius 2 is 2.06 bits per heavy atom. The van der Waals surface area contributed by atoms with Crippen molar-refractivity contribution >= 4 is 17.2 Å². The minimum absolute atomic E-state index is 0.0577. The Hall–Kier alpha value is -1.75.